The molecule has 1 fully saturated rings. The van der Waals surface area contributed by atoms with Crippen LogP contribution in [0.15, 0.2) is 40.1 Å². The number of carbonyl (C=O) groups is 3. The monoisotopic (exact) mass is 412 g/mol. The van der Waals surface area contributed by atoms with E-state index in [1.165, 1.54) is 11.3 Å². The molecular weight excluding hydrogens is 392 g/mol. The Hall–Kier alpha value is -3.20. The van der Waals surface area contributed by atoms with Crippen molar-refractivity contribution in [3.8, 4) is 11.5 Å². The number of anilines is 1. The molecular formula is C20H20N4O4S. The Morgan fingerprint density at radius 1 is 1.28 bits per heavy atom. The van der Waals surface area contributed by atoms with Gasteiger partial charge in [-0.25, -0.2) is 9.78 Å². The first kappa shape index (κ1) is 19.1. The third kappa shape index (κ3) is 3.38. The van der Waals surface area contributed by atoms with Crippen molar-refractivity contribution < 1.29 is 18.8 Å². The molecule has 1 saturated heterocycles. The fraction of sp³-hybridized carbons (Fsp3) is 0.300. The van der Waals surface area contributed by atoms with Crippen LogP contribution >= 0.6 is 11.3 Å². The van der Waals surface area contributed by atoms with Crippen molar-refractivity contribution >= 4 is 45.3 Å². The van der Waals surface area contributed by atoms with Crippen LogP contribution in [0.25, 0.3) is 22.4 Å². The lowest BCUT2D eigenvalue weighted by atomic mass is 9.93. The summed E-state index contributed by atoms with van der Waals surface area (Å²) in [5.41, 5.74) is 0.440. The van der Waals surface area contributed by atoms with Crippen LogP contribution in [-0.4, -0.2) is 39.8 Å². The molecule has 3 aromatic rings. The summed E-state index contributed by atoms with van der Waals surface area (Å²) in [4.78, 5) is 42.5. The number of hydrogen-bond acceptors (Lipinski definition) is 6. The minimum atomic E-state index is -0.924. The number of nitrogens with one attached hydrogen (secondary N) is 2. The molecule has 0 atom stereocenters. The second-order valence-electron chi connectivity index (χ2n) is 6.85. The summed E-state index contributed by atoms with van der Waals surface area (Å²) in [5.74, 6) is -0.250. The van der Waals surface area contributed by atoms with Gasteiger partial charge in [-0.05, 0) is 25.0 Å². The number of imide groups is 1. The Morgan fingerprint density at radius 3 is 2.72 bits per heavy atom. The van der Waals surface area contributed by atoms with Gasteiger partial charge in [0.15, 0.2) is 10.9 Å². The van der Waals surface area contributed by atoms with Gasteiger partial charge in [0.05, 0.1) is 0 Å². The van der Waals surface area contributed by atoms with Crippen molar-refractivity contribution in [1.82, 2.24) is 15.2 Å². The molecule has 8 nitrogen and oxygen atoms in total. The van der Waals surface area contributed by atoms with Gasteiger partial charge in [-0.1, -0.05) is 32.0 Å². The summed E-state index contributed by atoms with van der Waals surface area (Å²) in [5, 5.41) is 8.47. The van der Waals surface area contributed by atoms with Gasteiger partial charge in [-0.3, -0.25) is 14.5 Å². The Balaban J connectivity index is 1.44. The first-order chi connectivity index (χ1) is 14.0. The molecule has 0 unspecified atom stereocenters. The molecule has 0 bridgehead atoms. The maximum Gasteiger partial charge on any atom is 0.325 e. The predicted octanol–water partition coefficient (Wildman–Crippen LogP) is 3.61. The Kier molecular flexibility index (Phi) is 4.83. The lowest BCUT2D eigenvalue weighted by molar-refractivity contribution is -0.134. The smallest absolute Gasteiger partial charge is 0.325 e. The maximum atomic E-state index is 12.6. The number of rotatable bonds is 6. The highest BCUT2D eigenvalue weighted by atomic mass is 32.1. The molecule has 150 valence electrons. The van der Waals surface area contributed by atoms with Gasteiger partial charge >= 0.3 is 6.03 Å². The molecule has 29 heavy (non-hydrogen) atoms. The molecule has 0 spiro atoms. The lowest BCUT2D eigenvalue weighted by Crippen LogP contribution is -2.46. The van der Waals surface area contributed by atoms with Gasteiger partial charge in [0.2, 0.25) is 5.91 Å². The first-order valence-corrected chi connectivity index (χ1v) is 10.2. The van der Waals surface area contributed by atoms with E-state index in [2.05, 4.69) is 15.6 Å². The highest BCUT2D eigenvalue weighted by Gasteiger charge is 2.49. The van der Waals surface area contributed by atoms with Gasteiger partial charge in [-0.2, -0.15) is 0 Å². The van der Waals surface area contributed by atoms with Crippen LogP contribution in [-0.2, 0) is 9.59 Å². The van der Waals surface area contributed by atoms with E-state index >= 15 is 0 Å². The number of benzene rings is 1. The van der Waals surface area contributed by atoms with E-state index in [0.29, 0.717) is 29.4 Å². The van der Waals surface area contributed by atoms with Gasteiger partial charge in [0.25, 0.3) is 5.91 Å². The number of urea groups is 1. The van der Waals surface area contributed by atoms with Gasteiger partial charge < -0.3 is 15.1 Å². The minimum Gasteiger partial charge on any atom is -0.454 e. The minimum absolute atomic E-state index is 0.355. The molecule has 1 aliphatic rings. The summed E-state index contributed by atoms with van der Waals surface area (Å²) in [6, 6.07) is 8.98. The van der Waals surface area contributed by atoms with Crippen LogP contribution in [0.4, 0.5) is 9.93 Å². The molecule has 1 aliphatic heterocycles. The topological polar surface area (TPSA) is 105 Å². The zero-order chi connectivity index (χ0) is 20.6. The van der Waals surface area contributed by atoms with Crippen molar-refractivity contribution in [3.63, 3.8) is 0 Å². The molecule has 1 aromatic carbocycles. The van der Waals surface area contributed by atoms with E-state index in [1.807, 2.05) is 44.2 Å². The third-order valence-electron chi connectivity index (χ3n) is 5.18. The summed E-state index contributed by atoms with van der Waals surface area (Å²) in [7, 11) is 0. The van der Waals surface area contributed by atoms with Crippen molar-refractivity contribution in [2.24, 2.45) is 0 Å². The van der Waals surface area contributed by atoms with Gasteiger partial charge in [0.1, 0.15) is 23.4 Å². The summed E-state index contributed by atoms with van der Waals surface area (Å²) >= 11 is 1.24. The van der Waals surface area contributed by atoms with E-state index in [1.54, 1.807) is 5.38 Å². The summed E-state index contributed by atoms with van der Waals surface area (Å²) < 4.78 is 5.78. The second-order valence-corrected chi connectivity index (χ2v) is 7.70. The zero-order valence-electron chi connectivity index (χ0n) is 16.0. The van der Waals surface area contributed by atoms with E-state index in [4.69, 9.17) is 4.42 Å². The van der Waals surface area contributed by atoms with Crippen molar-refractivity contribution in [1.29, 1.82) is 0 Å². The highest BCUT2D eigenvalue weighted by molar-refractivity contribution is 7.14. The maximum absolute atomic E-state index is 12.6. The van der Waals surface area contributed by atoms with E-state index in [9.17, 15) is 14.4 Å². The average Bonchev–Trinajstić information content (AvgIpc) is 3.40. The van der Waals surface area contributed by atoms with Crippen molar-refractivity contribution in [2.75, 3.05) is 11.9 Å². The second kappa shape index (κ2) is 7.32. The van der Waals surface area contributed by atoms with Crippen LogP contribution in [0, 0.1) is 0 Å². The summed E-state index contributed by atoms with van der Waals surface area (Å²) in [6.45, 7) is 3.31. The Labute approximate surface area is 170 Å². The molecule has 2 N–H and O–H groups in total. The molecule has 0 saturated carbocycles. The molecule has 0 radical (unpaired) electrons. The number of fused-ring (bicyclic) bond motifs is 1. The molecule has 4 amide bonds. The lowest BCUT2D eigenvalue weighted by Gasteiger charge is -2.22. The van der Waals surface area contributed by atoms with E-state index in [-0.39, 0.29) is 12.5 Å². The van der Waals surface area contributed by atoms with Gasteiger partial charge in [-0.15, -0.1) is 11.3 Å². The number of hydrogen-bond donors (Lipinski definition) is 2. The standard InChI is InChI=1S/C20H20N4O4S/c1-3-20(4-2)17(26)24(19(27)23-20)10-16(25)22-18-21-13(11-29-18)15-9-12-7-5-6-8-14(12)28-15/h5-9,11H,3-4,10H2,1-2H3,(H,23,27)(H,21,22,25). The average molecular weight is 412 g/mol. The van der Waals surface area contributed by atoms with E-state index in [0.717, 1.165) is 15.9 Å². The molecule has 9 heteroatoms. The SMILES string of the molecule is CCC1(CC)NC(=O)N(CC(=O)Nc2nc(-c3cc4ccccc4o3)cs2)C1=O. The number of amides is 4. The predicted molar refractivity (Wildman–Crippen MR) is 110 cm³/mol. The number of furan rings is 1. The number of nitrogens with zero attached hydrogens (tertiary/aromatic N) is 2. The van der Waals surface area contributed by atoms with Crippen molar-refractivity contribution in [3.05, 3.63) is 35.7 Å². The van der Waals surface area contributed by atoms with Crippen LogP contribution in [0.2, 0.25) is 0 Å². The van der Waals surface area contributed by atoms with Crippen LogP contribution < -0.4 is 10.6 Å². The molecule has 4 rings (SSSR count). The normalized spacial score (nSPS) is 15.7. The fourth-order valence-corrected chi connectivity index (χ4v) is 4.12. The highest BCUT2D eigenvalue weighted by Crippen LogP contribution is 2.30. The quantitative estimate of drug-likeness (QED) is 0.602. The number of carbonyl (C=O) groups excluding carboxylic acids is 3. The molecule has 3 heterocycles. The van der Waals surface area contributed by atoms with Crippen LogP contribution in [0.1, 0.15) is 26.7 Å². The number of para-hydroxylation sites is 1. The Morgan fingerprint density at radius 2 is 2.03 bits per heavy atom. The van der Waals surface area contributed by atoms with Crippen LogP contribution in [0.5, 0.6) is 0 Å². The Bertz CT molecular complexity index is 1070. The molecule has 0 aliphatic carbocycles. The zero-order valence-corrected chi connectivity index (χ0v) is 16.8. The van der Waals surface area contributed by atoms with Crippen molar-refractivity contribution in [2.45, 2.75) is 32.2 Å². The van der Waals surface area contributed by atoms with E-state index < -0.39 is 17.5 Å². The van der Waals surface area contributed by atoms with Gasteiger partial charge in [0, 0.05) is 10.8 Å². The first-order valence-electron chi connectivity index (χ1n) is 9.34. The fourth-order valence-electron chi connectivity index (χ4n) is 3.40. The largest absolute Gasteiger partial charge is 0.454 e. The number of aromatic nitrogens is 1. The molecule has 2 aromatic heterocycles. The number of thiazole rings is 1. The third-order valence-corrected chi connectivity index (χ3v) is 5.94. The van der Waals surface area contributed by atoms with Crippen LogP contribution in [0.3, 0.4) is 0 Å². The summed E-state index contributed by atoms with van der Waals surface area (Å²) in [6.07, 6.45) is 0.944.